The van der Waals surface area contributed by atoms with Gasteiger partial charge in [-0.25, -0.2) is 8.42 Å². The number of anilines is 1. The second kappa shape index (κ2) is 8.62. The number of rotatable bonds is 6. The third-order valence-corrected chi connectivity index (χ3v) is 6.96. The second-order valence-electron chi connectivity index (χ2n) is 7.20. The SMILES string of the molecule is CN(c1ccc(C(=O)NCc2ccc3ccccc3c2)cc1)S(=O)(=O)c1ccccc1. The van der Waals surface area contributed by atoms with Crippen molar-refractivity contribution in [3.8, 4) is 0 Å². The minimum Gasteiger partial charge on any atom is -0.348 e. The fourth-order valence-corrected chi connectivity index (χ4v) is 4.56. The molecule has 0 spiro atoms. The van der Waals surface area contributed by atoms with Crippen LogP contribution in [0.5, 0.6) is 0 Å². The molecule has 0 saturated carbocycles. The minimum absolute atomic E-state index is 0.215. The van der Waals surface area contributed by atoms with Gasteiger partial charge < -0.3 is 5.32 Å². The van der Waals surface area contributed by atoms with Gasteiger partial charge in [-0.15, -0.1) is 0 Å². The molecule has 4 rings (SSSR count). The molecule has 0 atom stereocenters. The first-order chi connectivity index (χ1) is 14.9. The Kier molecular flexibility index (Phi) is 5.73. The lowest BCUT2D eigenvalue weighted by atomic mass is 10.1. The number of nitrogens with one attached hydrogen (secondary N) is 1. The van der Waals surface area contributed by atoms with Crippen molar-refractivity contribution < 1.29 is 13.2 Å². The quantitative estimate of drug-likeness (QED) is 0.486. The molecule has 1 N–H and O–H groups in total. The zero-order valence-corrected chi connectivity index (χ0v) is 17.8. The molecule has 0 heterocycles. The number of amides is 1. The van der Waals surface area contributed by atoms with Crippen molar-refractivity contribution in [1.29, 1.82) is 0 Å². The number of nitrogens with zero attached hydrogens (tertiary/aromatic N) is 1. The molecule has 0 saturated heterocycles. The van der Waals surface area contributed by atoms with Gasteiger partial charge in [0.05, 0.1) is 10.6 Å². The maximum atomic E-state index is 12.8. The predicted octanol–water partition coefficient (Wildman–Crippen LogP) is 4.59. The lowest BCUT2D eigenvalue weighted by Gasteiger charge is -2.19. The molecular weight excluding hydrogens is 408 g/mol. The maximum Gasteiger partial charge on any atom is 0.264 e. The molecule has 5 nitrogen and oxygen atoms in total. The van der Waals surface area contributed by atoms with E-state index < -0.39 is 10.0 Å². The molecule has 0 aliphatic carbocycles. The molecule has 0 aliphatic rings. The molecule has 0 unspecified atom stereocenters. The van der Waals surface area contributed by atoms with E-state index in [-0.39, 0.29) is 10.8 Å². The molecule has 31 heavy (non-hydrogen) atoms. The van der Waals surface area contributed by atoms with E-state index in [0.29, 0.717) is 17.8 Å². The third-order valence-electron chi connectivity index (χ3n) is 5.16. The Morgan fingerprint density at radius 1 is 0.806 bits per heavy atom. The summed E-state index contributed by atoms with van der Waals surface area (Å²) in [6.45, 7) is 0.410. The first-order valence-electron chi connectivity index (χ1n) is 9.85. The van der Waals surface area contributed by atoms with Gasteiger partial charge in [0.15, 0.2) is 0 Å². The van der Waals surface area contributed by atoms with Gasteiger partial charge in [-0.3, -0.25) is 9.10 Å². The molecule has 4 aromatic carbocycles. The van der Waals surface area contributed by atoms with Crippen molar-refractivity contribution in [3.05, 3.63) is 108 Å². The van der Waals surface area contributed by atoms with Gasteiger partial charge in [-0.1, -0.05) is 54.6 Å². The summed E-state index contributed by atoms with van der Waals surface area (Å²) in [5.41, 5.74) is 1.96. The van der Waals surface area contributed by atoms with Crippen LogP contribution in [0.1, 0.15) is 15.9 Å². The maximum absolute atomic E-state index is 12.8. The van der Waals surface area contributed by atoms with Crippen LogP contribution in [0.15, 0.2) is 102 Å². The Morgan fingerprint density at radius 3 is 2.16 bits per heavy atom. The van der Waals surface area contributed by atoms with Crippen LogP contribution in [0.2, 0.25) is 0 Å². The molecule has 0 fully saturated rings. The molecule has 6 heteroatoms. The molecule has 1 amide bonds. The Labute approximate surface area is 182 Å². The Bertz CT molecular complexity index is 1320. The number of benzene rings is 4. The second-order valence-corrected chi connectivity index (χ2v) is 9.17. The van der Waals surface area contributed by atoms with Crippen LogP contribution in [0.3, 0.4) is 0 Å². The highest BCUT2D eigenvalue weighted by molar-refractivity contribution is 7.92. The number of carbonyl (C=O) groups excluding carboxylic acids is 1. The summed E-state index contributed by atoms with van der Waals surface area (Å²) in [4.78, 5) is 12.8. The van der Waals surface area contributed by atoms with E-state index in [4.69, 9.17) is 0 Å². The number of carbonyl (C=O) groups is 1. The van der Waals surface area contributed by atoms with Crippen LogP contribution in [0.25, 0.3) is 10.8 Å². The average Bonchev–Trinajstić information content (AvgIpc) is 2.82. The molecule has 0 aromatic heterocycles. The van der Waals surface area contributed by atoms with Crippen molar-refractivity contribution in [2.75, 3.05) is 11.4 Å². The summed E-state index contributed by atoms with van der Waals surface area (Å²) in [7, 11) is -2.16. The van der Waals surface area contributed by atoms with E-state index in [9.17, 15) is 13.2 Å². The Hall–Kier alpha value is -3.64. The summed E-state index contributed by atoms with van der Waals surface area (Å²) in [5.74, 6) is -0.215. The molecule has 4 aromatic rings. The summed E-state index contributed by atoms with van der Waals surface area (Å²) in [6.07, 6.45) is 0. The zero-order chi connectivity index (χ0) is 21.8. The van der Waals surface area contributed by atoms with Crippen molar-refractivity contribution >= 4 is 32.4 Å². The fraction of sp³-hybridized carbons (Fsp3) is 0.0800. The fourth-order valence-electron chi connectivity index (χ4n) is 3.35. The van der Waals surface area contributed by atoms with Crippen LogP contribution < -0.4 is 9.62 Å². The van der Waals surface area contributed by atoms with Crippen LogP contribution in [-0.2, 0) is 16.6 Å². The number of fused-ring (bicyclic) bond motifs is 1. The monoisotopic (exact) mass is 430 g/mol. The van der Waals surface area contributed by atoms with Gasteiger partial charge in [-0.2, -0.15) is 0 Å². The predicted molar refractivity (Wildman–Crippen MR) is 124 cm³/mol. The molecule has 0 bridgehead atoms. The van der Waals surface area contributed by atoms with Gasteiger partial charge in [-0.05, 0) is 58.8 Å². The number of hydrogen-bond donors (Lipinski definition) is 1. The van der Waals surface area contributed by atoms with E-state index in [1.807, 2.05) is 36.4 Å². The van der Waals surface area contributed by atoms with Crippen LogP contribution in [-0.4, -0.2) is 21.4 Å². The molecule has 0 radical (unpaired) electrons. The van der Waals surface area contributed by atoms with Gasteiger partial charge in [0, 0.05) is 19.2 Å². The van der Waals surface area contributed by atoms with Crippen LogP contribution in [0, 0.1) is 0 Å². The van der Waals surface area contributed by atoms with Crippen molar-refractivity contribution in [3.63, 3.8) is 0 Å². The lowest BCUT2D eigenvalue weighted by molar-refractivity contribution is 0.0951. The van der Waals surface area contributed by atoms with E-state index >= 15 is 0 Å². The normalized spacial score (nSPS) is 11.3. The average molecular weight is 431 g/mol. The van der Waals surface area contributed by atoms with Gasteiger partial charge in [0.2, 0.25) is 0 Å². The third kappa shape index (κ3) is 4.44. The molecule has 156 valence electrons. The molecular formula is C25H22N2O3S. The first-order valence-corrected chi connectivity index (χ1v) is 11.3. The zero-order valence-electron chi connectivity index (χ0n) is 17.0. The van der Waals surface area contributed by atoms with Crippen LogP contribution in [0.4, 0.5) is 5.69 Å². The summed E-state index contributed by atoms with van der Waals surface area (Å²) < 4.78 is 26.7. The van der Waals surface area contributed by atoms with E-state index in [1.54, 1.807) is 54.6 Å². The number of hydrogen-bond acceptors (Lipinski definition) is 3. The van der Waals surface area contributed by atoms with Crippen molar-refractivity contribution in [1.82, 2.24) is 5.32 Å². The smallest absolute Gasteiger partial charge is 0.264 e. The van der Waals surface area contributed by atoms with Gasteiger partial charge >= 0.3 is 0 Å². The van der Waals surface area contributed by atoms with Gasteiger partial charge in [0.1, 0.15) is 0 Å². The largest absolute Gasteiger partial charge is 0.348 e. The Balaban J connectivity index is 1.44. The highest BCUT2D eigenvalue weighted by Gasteiger charge is 2.21. The minimum atomic E-state index is -3.66. The van der Waals surface area contributed by atoms with Crippen molar-refractivity contribution in [2.45, 2.75) is 11.4 Å². The first kappa shape index (κ1) is 20.6. The summed E-state index contributed by atoms with van der Waals surface area (Å²) >= 11 is 0. The molecule has 0 aliphatic heterocycles. The van der Waals surface area contributed by atoms with Crippen molar-refractivity contribution in [2.24, 2.45) is 0 Å². The van der Waals surface area contributed by atoms with E-state index in [0.717, 1.165) is 16.3 Å². The topological polar surface area (TPSA) is 66.5 Å². The highest BCUT2D eigenvalue weighted by Crippen LogP contribution is 2.22. The standard InChI is InChI=1S/C25H22N2O3S/c1-27(31(29,30)24-9-3-2-4-10-24)23-15-13-21(14-16-23)25(28)26-18-19-11-12-20-7-5-6-8-22(20)17-19/h2-17H,18H2,1H3,(H,26,28). The lowest BCUT2D eigenvalue weighted by Crippen LogP contribution is -2.27. The highest BCUT2D eigenvalue weighted by atomic mass is 32.2. The van der Waals surface area contributed by atoms with Gasteiger partial charge in [0.25, 0.3) is 15.9 Å². The number of sulfonamides is 1. The summed E-state index contributed by atoms with van der Waals surface area (Å²) in [5, 5.41) is 5.20. The summed E-state index contributed by atoms with van der Waals surface area (Å²) in [6, 6.07) is 28.9. The van der Waals surface area contributed by atoms with Crippen LogP contribution >= 0.6 is 0 Å². The van der Waals surface area contributed by atoms with E-state index in [2.05, 4.69) is 11.4 Å². The van der Waals surface area contributed by atoms with E-state index in [1.165, 1.54) is 11.4 Å². The Morgan fingerprint density at radius 2 is 1.45 bits per heavy atom.